The molecule has 21 heavy (non-hydrogen) atoms. The second-order valence-electron chi connectivity index (χ2n) is 5.09. The summed E-state index contributed by atoms with van der Waals surface area (Å²) in [6.45, 7) is 1.85. The van der Waals surface area contributed by atoms with Crippen molar-refractivity contribution in [1.82, 2.24) is 15.1 Å². The fourth-order valence-electron chi connectivity index (χ4n) is 2.07. The Morgan fingerprint density at radius 1 is 1.29 bits per heavy atom. The molecular weight excluding hydrogens is 276 g/mol. The van der Waals surface area contributed by atoms with Crippen LogP contribution in [0.4, 0.5) is 8.78 Å². The number of alkyl halides is 2. The van der Waals surface area contributed by atoms with Crippen LogP contribution in [-0.4, -0.2) is 22.4 Å². The first-order valence-electron chi connectivity index (χ1n) is 6.77. The summed E-state index contributed by atoms with van der Waals surface area (Å²) < 4.78 is 31.3. The molecule has 0 spiro atoms. The van der Waals surface area contributed by atoms with Crippen LogP contribution < -0.4 is 10.1 Å². The second kappa shape index (κ2) is 6.67. The molecule has 0 aliphatic heterocycles. The molecule has 2 rings (SSSR count). The van der Waals surface area contributed by atoms with E-state index in [1.165, 1.54) is 6.07 Å². The zero-order valence-corrected chi connectivity index (χ0v) is 12.3. The van der Waals surface area contributed by atoms with Crippen LogP contribution in [-0.2, 0) is 13.6 Å². The summed E-state index contributed by atoms with van der Waals surface area (Å²) in [6.07, 6.45) is 1.88. The first-order valence-corrected chi connectivity index (χ1v) is 6.77. The van der Waals surface area contributed by atoms with Gasteiger partial charge in [-0.25, -0.2) is 0 Å². The van der Waals surface area contributed by atoms with Crippen LogP contribution in [0, 0.1) is 0 Å². The molecule has 0 amide bonds. The van der Waals surface area contributed by atoms with E-state index in [1.807, 2.05) is 20.0 Å². The molecule has 1 heterocycles. The maximum atomic E-state index is 12.5. The van der Waals surface area contributed by atoms with E-state index < -0.39 is 6.61 Å². The average Bonchev–Trinajstić information content (AvgIpc) is 2.77. The lowest BCUT2D eigenvalue weighted by Gasteiger charge is -2.11. The quantitative estimate of drug-likeness (QED) is 0.889. The Hall–Kier alpha value is -1.95. The van der Waals surface area contributed by atoms with Gasteiger partial charge in [0.2, 0.25) is 0 Å². The van der Waals surface area contributed by atoms with Crippen molar-refractivity contribution in [3.05, 3.63) is 36.0 Å². The van der Waals surface area contributed by atoms with Crippen molar-refractivity contribution in [3.8, 4) is 17.0 Å². The number of halogens is 2. The third-order valence-corrected chi connectivity index (χ3v) is 2.96. The lowest BCUT2D eigenvalue weighted by molar-refractivity contribution is -0.0494. The highest BCUT2D eigenvalue weighted by Crippen LogP contribution is 2.32. The number of aryl methyl sites for hydroxylation is 1. The number of rotatable bonds is 6. The predicted octanol–water partition coefficient (Wildman–Crippen LogP) is 3.19. The summed E-state index contributed by atoms with van der Waals surface area (Å²) >= 11 is 0. The van der Waals surface area contributed by atoms with Crippen molar-refractivity contribution in [3.63, 3.8) is 0 Å². The van der Waals surface area contributed by atoms with Crippen molar-refractivity contribution in [2.45, 2.75) is 33.0 Å². The molecule has 0 bridgehead atoms. The van der Waals surface area contributed by atoms with Gasteiger partial charge in [-0.05, 0) is 12.1 Å². The lowest BCUT2D eigenvalue weighted by Crippen LogP contribution is -2.21. The fourth-order valence-corrected chi connectivity index (χ4v) is 2.07. The van der Waals surface area contributed by atoms with Gasteiger partial charge in [-0.15, -0.1) is 0 Å². The van der Waals surface area contributed by atoms with Crippen molar-refractivity contribution < 1.29 is 13.5 Å². The van der Waals surface area contributed by atoms with Crippen molar-refractivity contribution in [1.29, 1.82) is 0 Å². The molecule has 1 N–H and O–H groups in total. The predicted molar refractivity (Wildman–Crippen MR) is 77.3 cm³/mol. The Morgan fingerprint density at radius 3 is 2.67 bits per heavy atom. The largest absolute Gasteiger partial charge is 0.434 e. The zero-order chi connectivity index (χ0) is 15.4. The number of hydrogen-bond donors (Lipinski definition) is 1. The van der Waals surface area contributed by atoms with E-state index in [2.05, 4.69) is 15.2 Å². The van der Waals surface area contributed by atoms with E-state index in [9.17, 15) is 8.78 Å². The highest BCUT2D eigenvalue weighted by molar-refractivity contribution is 5.69. The molecule has 2 aromatic rings. The van der Waals surface area contributed by atoms with E-state index in [1.54, 1.807) is 29.9 Å². The monoisotopic (exact) mass is 295 g/mol. The molecule has 6 heteroatoms. The van der Waals surface area contributed by atoms with Gasteiger partial charge in [-0.1, -0.05) is 26.0 Å². The third-order valence-electron chi connectivity index (χ3n) is 2.96. The zero-order valence-electron chi connectivity index (χ0n) is 12.3. The number of para-hydroxylation sites is 1. The van der Waals surface area contributed by atoms with Crippen LogP contribution in [0.15, 0.2) is 30.5 Å². The molecule has 0 unspecified atom stereocenters. The minimum atomic E-state index is -2.85. The Kier molecular flexibility index (Phi) is 4.90. The fraction of sp³-hybridized carbons (Fsp3) is 0.400. The summed E-state index contributed by atoms with van der Waals surface area (Å²) in [5, 5.41) is 7.68. The Bertz CT molecular complexity index is 596. The van der Waals surface area contributed by atoms with Crippen LogP contribution in [0.25, 0.3) is 11.3 Å². The minimum absolute atomic E-state index is 0.136. The van der Waals surface area contributed by atoms with Crippen LogP contribution in [0.5, 0.6) is 5.75 Å². The van der Waals surface area contributed by atoms with E-state index in [4.69, 9.17) is 0 Å². The molecule has 0 aliphatic rings. The molecule has 4 nitrogen and oxygen atoms in total. The van der Waals surface area contributed by atoms with Gasteiger partial charge in [-0.2, -0.15) is 13.9 Å². The highest BCUT2D eigenvalue weighted by Gasteiger charge is 2.16. The van der Waals surface area contributed by atoms with Crippen molar-refractivity contribution in [2.75, 3.05) is 0 Å². The molecular formula is C15H19F2N3O. The maximum absolute atomic E-state index is 12.5. The molecule has 0 radical (unpaired) electrons. The van der Waals surface area contributed by atoms with Gasteiger partial charge in [-0.3, -0.25) is 4.68 Å². The van der Waals surface area contributed by atoms with E-state index in [0.717, 1.165) is 5.56 Å². The van der Waals surface area contributed by atoms with E-state index in [0.29, 0.717) is 23.8 Å². The number of nitrogens with zero attached hydrogens (tertiary/aromatic N) is 2. The Morgan fingerprint density at radius 2 is 2.00 bits per heavy atom. The molecule has 1 aromatic carbocycles. The third kappa shape index (κ3) is 4.01. The smallest absolute Gasteiger partial charge is 0.387 e. The van der Waals surface area contributed by atoms with E-state index in [-0.39, 0.29) is 5.75 Å². The number of benzene rings is 1. The standard InChI is InChI=1S/C15H19F2N3O/c1-10(2)18-8-11-9-20(3)19-14(11)12-6-4-5-7-13(12)21-15(16)17/h4-7,9-10,15,18H,8H2,1-3H3. The van der Waals surface area contributed by atoms with Gasteiger partial charge in [0.05, 0.1) is 0 Å². The molecule has 0 atom stereocenters. The van der Waals surface area contributed by atoms with Gasteiger partial charge in [0.1, 0.15) is 11.4 Å². The van der Waals surface area contributed by atoms with Crippen LogP contribution in [0.1, 0.15) is 19.4 Å². The maximum Gasteiger partial charge on any atom is 0.387 e. The Balaban J connectivity index is 2.37. The van der Waals surface area contributed by atoms with Gasteiger partial charge < -0.3 is 10.1 Å². The average molecular weight is 295 g/mol. The van der Waals surface area contributed by atoms with Gasteiger partial charge in [0.15, 0.2) is 0 Å². The normalized spacial score (nSPS) is 11.4. The molecule has 0 aliphatic carbocycles. The number of hydrogen-bond acceptors (Lipinski definition) is 3. The molecule has 0 saturated heterocycles. The van der Waals surface area contributed by atoms with Crippen LogP contribution in [0.2, 0.25) is 0 Å². The summed E-state index contributed by atoms with van der Waals surface area (Å²) in [6, 6.07) is 7.03. The summed E-state index contributed by atoms with van der Waals surface area (Å²) in [7, 11) is 1.80. The van der Waals surface area contributed by atoms with Gasteiger partial charge in [0.25, 0.3) is 0 Å². The SMILES string of the molecule is CC(C)NCc1cn(C)nc1-c1ccccc1OC(F)F. The summed E-state index contributed by atoms with van der Waals surface area (Å²) in [5.41, 5.74) is 2.16. The summed E-state index contributed by atoms with van der Waals surface area (Å²) in [5.74, 6) is 0.136. The molecule has 114 valence electrons. The second-order valence-corrected chi connectivity index (χ2v) is 5.09. The number of nitrogens with one attached hydrogen (secondary N) is 1. The van der Waals surface area contributed by atoms with Gasteiger partial charge in [0, 0.05) is 37.0 Å². The van der Waals surface area contributed by atoms with Crippen LogP contribution >= 0.6 is 0 Å². The molecule has 0 saturated carbocycles. The summed E-state index contributed by atoms with van der Waals surface area (Å²) in [4.78, 5) is 0. The van der Waals surface area contributed by atoms with Gasteiger partial charge >= 0.3 is 6.61 Å². The first kappa shape index (κ1) is 15.4. The lowest BCUT2D eigenvalue weighted by atomic mass is 10.1. The van der Waals surface area contributed by atoms with Crippen molar-refractivity contribution >= 4 is 0 Å². The van der Waals surface area contributed by atoms with Crippen LogP contribution in [0.3, 0.4) is 0 Å². The molecule has 0 fully saturated rings. The number of ether oxygens (including phenoxy) is 1. The highest BCUT2D eigenvalue weighted by atomic mass is 19.3. The first-order chi connectivity index (χ1) is 9.97. The topological polar surface area (TPSA) is 39.1 Å². The number of aromatic nitrogens is 2. The Labute approximate surface area is 122 Å². The van der Waals surface area contributed by atoms with Crippen molar-refractivity contribution in [2.24, 2.45) is 7.05 Å². The molecule has 1 aromatic heterocycles. The van der Waals surface area contributed by atoms with E-state index >= 15 is 0 Å². The minimum Gasteiger partial charge on any atom is -0.434 e.